The lowest BCUT2D eigenvalue weighted by Crippen LogP contribution is -2.41. The van der Waals surface area contributed by atoms with E-state index in [2.05, 4.69) is 13.5 Å². The molecule has 3 atom stereocenters. The van der Waals surface area contributed by atoms with Crippen molar-refractivity contribution in [1.29, 1.82) is 0 Å². The van der Waals surface area contributed by atoms with Crippen molar-refractivity contribution in [2.45, 2.75) is 38.7 Å². The molecule has 0 amide bonds. The number of carbonyl (C=O) groups is 2. The van der Waals surface area contributed by atoms with E-state index in [0.717, 1.165) is 18.4 Å². The number of fused-ring (bicyclic) bond motifs is 1. The molecule has 1 saturated heterocycles. The number of methoxy groups -OCH3 is 1. The fourth-order valence-corrected chi connectivity index (χ4v) is 3.85. The Bertz CT molecular complexity index is 755. The Hall–Kier alpha value is -2.56. The summed E-state index contributed by atoms with van der Waals surface area (Å²) in [7, 11) is 1.35. The molecule has 0 saturated carbocycles. The maximum Gasteiger partial charge on any atom is 0.338 e. The molecular weight excluding hydrogens is 332 g/mol. The van der Waals surface area contributed by atoms with Crippen molar-refractivity contribution < 1.29 is 23.5 Å². The molecule has 5 nitrogen and oxygen atoms in total. The maximum atomic E-state index is 12.8. The van der Waals surface area contributed by atoms with Crippen LogP contribution in [0.2, 0.25) is 0 Å². The van der Waals surface area contributed by atoms with Crippen LogP contribution in [0.4, 0.5) is 0 Å². The Morgan fingerprint density at radius 2 is 2.23 bits per heavy atom. The van der Waals surface area contributed by atoms with Gasteiger partial charge in [-0.1, -0.05) is 25.7 Å². The number of carbonyl (C=O) groups excluding carboxylic acids is 2. The fourth-order valence-electron chi connectivity index (χ4n) is 3.85. The number of hydrogen-bond donors (Lipinski definition) is 0. The smallest absolute Gasteiger partial charge is 0.338 e. The summed E-state index contributed by atoms with van der Waals surface area (Å²) in [4.78, 5) is 24.7. The molecule has 0 radical (unpaired) electrons. The predicted molar refractivity (Wildman–Crippen MR) is 96.0 cm³/mol. The van der Waals surface area contributed by atoms with Crippen LogP contribution in [0.1, 0.15) is 44.3 Å². The molecule has 0 bridgehead atoms. The molecule has 2 heterocycles. The van der Waals surface area contributed by atoms with Crippen LogP contribution in [0, 0.1) is 11.3 Å². The molecule has 2 aliphatic rings. The second-order valence-corrected chi connectivity index (χ2v) is 7.24. The topological polar surface area (TPSA) is 65.7 Å². The van der Waals surface area contributed by atoms with Gasteiger partial charge in [0.05, 0.1) is 31.1 Å². The summed E-state index contributed by atoms with van der Waals surface area (Å²) in [5, 5.41) is 0. The first-order valence-electron chi connectivity index (χ1n) is 8.80. The minimum absolute atomic E-state index is 0.199. The van der Waals surface area contributed by atoms with E-state index in [-0.39, 0.29) is 23.4 Å². The van der Waals surface area contributed by atoms with Gasteiger partial charge in [0.15, 0.2) is 0 Å². The van der Waals surface area contributed by atoms with E-state index in [9.17, 15) is 9.59 Å². The highest BCUT2D eigenvalue weighted by Crippen LogP contribution is 2.49. The third kappa shape index (κ3) is 3.52. The van der Waals surface area contributed by atoms with Crippen LogP contribution in [-0.4, -0.2) is 19.0 Å². The molecule has 0 aromatic carbocycles. The summed E-state index contributed by atoms with van der Waals surface area (Å²) in [6.07, 6.45) is 11.1. The van der Waals surface area contributed by atoms with Crippen molar-refractivity contribution in [2.75, 3.05) is 7.11 Å². The number of esters is 2. The predicted octanol–water partition coefficient (Wildman–Crippen LogP) is 4.29. The monoisotopic (exact) mass is 356 g/mol. The highest BCUT2D eigenvalue weighted by Gasteiger charge is 2.46. The average molecular weight is 356 g/mol. The van der Waals surface area contributed by atoms with Gasteiger partial charge in [-0.05, 0) is 48.8 Å². The molecule has 1 aromatic rings. The van der Waals surface area contributed by atoms with Gasteiger partial charge in [0.1, 0.15) is 6.10 Å². The number of furan rings is 1. The van der Waals surface area contributed by atoms with Gasteiger partial charge in [0.2, 0.25) is 0 Å². The summed E-state index contributed by atoms with van der Waals surface area (Å²) in [6, 6.07) is 1.84. The number of hydrogen-bond acceptors (Lipinski definition) is 5. The minimum atomic E-state index is -0.408. The maximum absolute atomic E-state index is 12.8. The minimum Gasteiger partial charge on any atom is -0.472 e. The van der Waals surface area contributed by atoms with Gasteiger partial charge in [0.25, 0.3) is 0 Å². The van der Waals surface area contributed by atoms with Crippen LogP contribution in [0.5, 0.6) is 0 Å². The summed E-state index contributed by atoms with van der Waals surface area (Å²) in [6.45, 7) is 6.14. The molecule has 1 unspecified atom stereocenters. The van der Waals surface area contributed by atoms with E-state index in [1.54, 1.807) is 18.6 Å². The van der Waals surface area contributed by atoms with Crippen LogP contribution in [0.3, 0.4) is 0 Å². The number of ether oxygens (including phenoxy) is 2. The molecule has 1 aliphatic carbocycles. The van der Waals surface area contributed by atoms with Gasteiger partial charge >= 0.3 is 11.9 Å². The normalized spacial score (nSPS) is 29.4. The zero-order valence-electron chi connectivity index (χ0n) is 15.2. The molecule has 5 heteroatoms. The zero-order valence-corrected chi connectivity index (χ0v) is 15.2. The van der Waals surface area contributed by atoms with Gasteiger partial charge in [-0.3, -0.25) is 4.79 Å². The molecule has 1 fully saturated rings. The van der Waals surface area contributed by atoms with E-state index < -0.39 is 5.97 Å². The van der Waals surface area contributed by atoms with E-state index in [1.807, 2.05) is 18.2 Å². The summed E-state index contributed by atoms with van der Waals surface area (Å²) in [5.74, 6) is -0.853. The van der Waals surface area contributed by atoms with Gasteiger partial charge in [-0.15, -0.1) is 0 Å². The van der Waals surface area contributed by atoms with E-state index in [4.69, 9.17) is 13.9 Å². The van der Waals surface area contributed by atoms with Gasteiger partial charge in [-0.25, -0.2) is 4.79 Å². The molecule has 1 aromatic heterocycles. The fraction of sp³-hybridized carbons (Fsp3) is 0.429. The highest BCUT2D eigenvalue weighted by atomic mass is 16.5. The molecule has 0 N–H and O–H groups in total. The van der Waals surface area contributed by atoms with Crippen molar-refractivity contribution in [3.05, 3.63) is 60.1 Å². The van der Waals surface area contributed by atoms with Crippen LogP contribution in [0.15, 0.2) is 59.0 Å². The van der Waals surface area contributed by atoms with Gasteiger partial charge in [-0.2, -0.15) is 0 Å². The first-order valence-corrected chi connectivity index (χ1v) is 8.80. The van der Waals surface area contributed by atoms with Crippen LogP contribution in [0.25, 0.3) is 0 Å². The van der Waals surface area contributed by atoms with Gasteiger partial charge < -0.3 is 13.9 Å². The molecule has 1 aliphatic heterocycles. The lowest BCUT2D eigenvalue weighted by Gasteiger charge is -2.43. The molecule has 0 spiro atoms. The Morgan fingerprint density at radius 1 is 1.42 bits per heavy atom. The number of rotatable bonds is 2. The quantitative estimate of drug-likeness (QED) is 0.740. The highest BCUT2D eigenvalue weighted by molar-refractivity contribution is 5.93. The molecule has 26 heavy (non-hydrogen) atoms. The van der Waals surface area contributed by atoms with Crippen molar-refractivity contribution in [2.24, 2.45) is 11.3 Å². The third-order valence-corrected chi connectivity index (χ3v) is 5.46. The largest absolute Gasteiger partial charge is 0.472 e. The van der Waals surface area contributed by atoms with Crippen LogP contribution in [-0.2, 0) is 19.1 Å². The second-order valence-electron chi connectivity index (χ2n) is 7.24. The van der Waals surface area contributed by atoms with Gasteiger partial charge in [0, 0.05) is 5.56 Å². The van der Waals surface area contributed by atoms with E-state index in [1.165, 1.54) is 7.11 Å². The molecule has 3 rings (SSSR count). The summed E-state index contributed by atoms with van der Waals surface area (Å²) < 4.78 is 15.7. The Balaban J connectivity index is 1.88. The average Bonchev–Trinajstić information content (AvgIpc) is 3.14. The first kappa shape index (κ1) is 18.2. The first-order chi connectivity index (χ1) is 12.4. The summed E-state index contributed by atoms with van der Waals surface area (Å²) >= 11 is 0. The Labute approximate surface area is 153 Å². The molecule has 138 valence electrons. The molecular formula is C21H24O5. The number of allylic oxidation sites excluding steroid dienone is 3. The van der Waals surface area contributed by atoms with E-state index >= 15 is 0 Å². The van der Waals surface area contributed by atoms with Crippen LogP contribution >= 0.6 is 0 Å². The summed E-state index contributed by atoms with van der Waals surface area (Å²) in [5.41, 5.74) is 1.78. The second kappa shape index (κ2) is 7.36. The standard InChI is InChI=1S/C21H24O5/c1-14-7-8-17-20(23)26-18(15-9-11-25-13-15)12-21(17,2)10-5-4-6-16(14)19(22)24-3/h4-6,9,11,13,17-18H,1,7-8,10,12H2,2-3H3/t17-,18?,21-/m0/s1. The van der Waals surface area contributed by atoms with Crippen molar-refractivity contribution in [3.8, 4) is 0 Å². The Kier molecular flexibility index (Phi) is 5.16. The van der Waals surface area contributed by atoms with E-state index in [0.29, 0.717) is 24.0 Å². The lowest BCUT2D eigenvalue weighted by molar-refractivity contribution is -0.173. The van der Waals surface area contributed by atoms with Crippen molar-refractivity contribution >= 4 is 11.9 Å². The zero-order chi connectivity index (χ0) is 18.7. The Morgan fingerprint density at radius 3 is 2.92 bits per heavy atom. The third-order valence-electron chi connectivity index (χ3n) is 5.46. The van der Waals surface area contributed by atoms with Crippen LogP contribution < -0.4 is 0 Å². The lowest BCUT2D eigenvalue weighted by atomic mass is 9.66. The SMILES string of the molecule is C=C1CC[C@H]2C(=O)OC(c3ccoc3)C[C@]2(C)CC=CC=C1C(=O)OC. The van der Waals surface area contributed by atoms with Crippen molar-refractivity contribution in [1.82, 2.24) is 0 Å². The number of cyclic esters (lactones) is 1. The van der Waals surface area contributed by atoms with Crippen molar-refractivity contribution in [3.63, 3.8) is 0 Å².